The Hall–Kier alpha value is -4.68. The molecule has 6 nitrogen and oxygen atoms in total. The lowest BCUT2D eigenvalue weighted by Crippen LogP contribution is -2.52. The topological polar surface area (TPSA) is 85.4 Å². The highest BCUT2D eigenvalue weighted by Gasteiger charge is 2.33. The van der Waals surface area contributed by atoms with Crippen LogP contribution in [0.25, 0.3) is 10.9 Å². The van der Waals surface area contributed by atoms with Gasteiger partial charge in [-0.25, -0.2) is 0 Å². The molecule has 1 unspecified atom stereocenters. The number of hydrogen-bond donors (Lipinski definition) is 3. The van der Waals surface area contributed by atoms with E-state index in [1.807, 2.05) is 60.8 Å². The van der Waals surface area contributed by atoms with Crippen LogP contribution >= 0.6 is 0 Å². The highest BCUT2D eigenvalue weighted by atomic mass is 16.3. The lowest BCUT2D eigenvalue weighted by molar-refractivity contribution is -0.123. The molecule has 0 radical (unpaired) electrons. The number of carbonyl (C=O) groups is 2. The van der Waals surface area contributed by atoms with Crippen molar-refractivity contribution in [3.8, 4) is 0 Å². The van der Waals surface area contributed by atoms with E-state index in [0.29, 0.717) is 37.8 Å². The quantitative estimate of drug-likeness (QED) is 0.149. The first-order valence-corrected chi connectivity index (χ1v) is 16.0. The van der Waals surface area contributed by atoms with E-state index in [4.69, 9.17) is 0 Å². The maximum absolute atomic E-state index is 14.1. The van der Waals surface area contributed by atoms with Crippen molar-refractivity contribution in [1.82, 2.24) is 10.3 Å². The largest absolute Gasteiger partial charge is 0.394 e. The fraction of sp³-hybridized carbons (Fsp3) is 0.282. The van der Waals surface area contributed by atoms with Crippen LogP contribution in [0.3, 0.4) is 0 Å². The van der Waals surface area contributed by atoms with Gasteiger partial charge in [0.15, 0.2) is 5.78 Å². The second kappa shape index (κ2) is 14.0. The van der Waals surface area contributed by atoms with Gasteiger partial charge in [-0.15, -0.1) is 0 Å². The van der Waals surface area contributed by atoms with E-state index in [9.17, 15) is 14.7 Å². The molecule has 45 heavy (non-hydrogen) atoms. The third-order valence-electron chi connectivity index (χ3n) is 9.14. The number of aliphatic hydroxyl groups excluding tert-OH is 1. The number of nitrogens with zero attached hydrogens (tertiary/aromatic N) is 1. The summed E-state index contributed by atoms with van der Waals surface area (Å²) in [6, 6.07) is 33.7. The molecule has 3 atom stereocenters. The number of aromatic nitrogens is 1. The minimum Gasteiger partial charge on any atom is -0.394 e. The Labute approximate surface area is 265 Å². The molecule has 6 heteroatoms. The molecule has 0 fully saturated rings. The van der Waals surface area contributed by atoms with Crippen molar-refractivity contribution in [2.75, 3.05) is 18.1 Å². The number of ketones is 1. The van der Waals surface area contributed by atoms with E-state index in [-0.39, 0.29) is 24.2 Å². The molecule has 1 aliphatic heterocycles. The van der Waals surface area contributed by atoms with Gasteiger partial charge in [0.05, 0.1) is 18.2 Å². The van der Waals surface area contributed by atoms with Crippen molar-refractivity contribution in [3.05, 3.63) is 137 Å². The van der Waals surface area contributed by atoms with Crippen molar-refractivity contribution in [2.24, 2.45) is 0 Å². The summed E-state index contributed by atoms with van der Waals surface area (Å²) in [6.45, 7) is 2.70. The first-order valence-electron chi connectivity index (χ1n) is 16.0. The zero-order chi connectivity index (χ0) is 31.2. The lowest BCUT2D eigenvalue weighted by Gasteiger charge is -2.35. The fourth-order valence-corrected chi connectivity index (χ4v) is 6.60. The van der Waals surface area contributed by atoms with Gasteiger partial charge in [0.1, 0.15) is 6.04 Å². The molecule has 3 N–H and O–H groups in total. The molecule has 0 spiro atoms. The Kier molecular flexibility index (Phi) is 9.41. The zero-order valence-electron chi connectivity index (χ0n) is 25.8. The molecule has 5 aromatic rings. The SMILES string of the molecule is CC(CCN1c2ccc(C(=O)CCc3ccccc3)c3[nH]cc(c23)C[C@@H](CO)NC(=O)[C@@H]1Cc1ccccc1)c1ccccc1. The standard InChI is InChI=1S/C39H41N3O3/c1-27(30-15-9-4-10-16-30)21-22-42-34-19-18-33(36(44)20-17-28-11-5-2-6-12-28)38-37(34)31(25-40-38)24-32(26-43)41-39(45)35(42)23-29-13-7-3-8-14-29/h2-16,18-19,25,27,32,35,40,43H,17,20-24,26H2,1H3,(H,41,45)/t27?,32-,35-/m0/s1. The molecule has 0 bridgehead atoms. The molecule has 1 amide bonds. The van der Waals surface area contributed by atoms with E-state index >= 15 is 0 Å². The van der Waals surface area contributed by atoms with Gasteiger partial charge in [-0.05, 0) is 59.6 Å². The first-order chi connectivity index (χ1) is 22.0. The van der Waals surface area contributed by atoms with E-state index < -0.39 is 12.1 Å². The molecule has 1 aliphatic rings. The van der Waals surface area contributed by atoms with E-state index in [0.717, 1.165) is 39.7 Å². The summed E-state index contributed by atoms with van der Waals surface area (Å²) in [4.78, 5) is 33.4. The van der Waals surface area contributed by atoms with E-state index in [2.05, 4.69) is 70.7 Å². The molecule has 1 aromatic heterocycles. The highest BCUT2D eigenvalue weighted by Crippen LogP contribution is 2.37. The Morgan fingerprint density at radius 3 is 2.27 bits per heavy atom. The summed E-state index contributed by atoms with van der Waals surface area (Å²) in [7, 11) is 0. The third-order valence-corrected chi connectivity index (χ3v) is 9.14. The second-order valence-corrected chi connectivity index (χ2v) is 12.2. The van der Waals surface area contributed by atoms with Crippen LogP contribution in [0.2, 0.25) is 0 Å². The molecule has 2 heterocycles. The number of aryl methyl sites for hydroxylation is 1. The van der Waals surface area contributed by atoms with Crippen LogP contribution in [0.5, 0.6) is 0 Å². The fourth-order valence-electron chi connectivity index (χ4n) is 6.60. The summed E-state index contributed by atoms with van der Waals surface area (Å²) in [6.07, 6.45) is 4.84. The van der Waals surface area contributed by atoms with Crippen molar-refractivity contribution < 1.29 is 14.7 Å². The molecular weight excluding hydrogens is 558 g/mol. The molecule has 0 saturated heterocycles. The predicted molar refractivity (Wildman–Crippen MR) is 181 cm³/mol. The number of hydrogen-bond acceptors (Lipinski definition) is 4. The Balaban J connectivity index is 1.42. The number of benzene rings is 4. The average Bonchev–Trinajstić information content (AvgIpc) is 3.52. The normalized spacial score (nSPS) is 17.3. The monoisotopic (exact) mass is 599 g/mol. The van der Waals surface area contributed by atoms with Gasteiger partial charge in [0.2, 0.25) is 5.91 Å². The van der Waals surface area contributed by atoms with Gasteiger partial charge in [-0.3, -0.25) is 9.59 Å². The van der Waals surface area contributed by atoms with Crippen LogP contribution in [0.1, 0.15) is 58.3 Å². The number of Topliss-reactive ketones (excluding diaryl/α,β-unsaturated/α-hetero) is 1. The van der Waals surface area contributed by atoms with Gasteiger partial charge < -0.3 is 20.3 Å². The predicted octanol–water partition coefficient (Wildman–Crippen LogP) is 6.63. The van der Waals surface area contributed by atoms with Crippen LogP contribution in [0.15, 0.2) is 109 Å². The van der Waals surface area contributed by atoms with Crippen molar-refractivity contribution in [2.45, 2.75) is 57.0 Å². The number of nitrogens with one attached hydrogen (secondary N) is 2. The molecule has 4 aromatic carbocycles. The molecule has 230 valence electrons. The Morgan fingerprint density at radius 2 is 1.58 bits per heavy atom. The maximum Gasteiger partial charge on any atom is 0.243 e. The summed E-state index contributed by atoms with van der Waals surface area (Å²) >= 11 is 0. The van der Waals surface area contributed by atoms with Gasteiger partial charge in [-0.2, -0.15) is 0 Å². The van der Waals surface area contributed by atoms with Crippen LogP contribution in [0.4, 0.5) is 5.69 Å². The zero-order valence-corrected chi connectivity index (χ0v) is 25.8. The van der Waals surface area contributed by atoms with Crippen LogP contribution in [-0.2, 0) is 24.1 Å². The minimum atomic E-state index is -0.506. The minimum absolute atomic E-state index is 0.0802. The van der Waals surface area contributed by atoms with E-state index in [1.165, 1.54) is 5.56 Å². The summed E-state index contributed by atoms with van der Waals surface area (Å²) < 4.78 is 0. The maximum atomic E-state index is 14.1. The number of amides is 1. The average molecular weight is 600 g/mol. The van der Waals surface area contributed by atoms with Crippen LogP contribution in [0, 0.1) is 0 Å². The van der Waals surface area contributed by atoms with Gasteiger partial charge in [0, 0.05) is 42.2 Å². The first kappa shape index (κ1) is 30.4. The van der Waals surface area contributed by atoms with Crippen LogP contribution in [-0.4, -0.2) is 47.0 Å². The Bertz CT molecular complexity index is 1730. The number of H-pyrrole nitrogens is 1. The van der Waals surface area contributed by atoms with Gasteiger partial charge >= 0.3 is 0 Å². The van der Waals surface area contributed by atoms with Crippen molar-refractivity contribution >= 4 is 28.3 Å². The number of anilines is 1. The lowest BCUT2D eigenvalue weighted by atomic mass is 9.95. The number of aliphatic hydroxyl groups is 1. The molecular formula is C39H41N3O3. The van der Waals surface area contributed by atoms with Gasteiger partial charge in [-0.1, -0.05) is 97.9 Å². The summed E-state index contributed by atoms with van der Waals surface area (Å²) in [5.74, 6) is 0.261. The van der Waals surface area contributed by atoms with Crippen LogP contribution < -0.4 is 10.2 Å². The molecule has 0 aliphatic carbocycles. The number of aromatic amines is 1. The number of rotatable bonds is 11. The smallest absolute Gasteiger partial charge is 0.243 e. The second-order valence-electron chi connectivity index (χ2n) is 12.2. The highest BCUT2D eigenvalue weighted by molar-refractivity contribution is 6.11. The number of carbonyl (C=O) groups excluding carboxylic acids is 2. The third kappa shape index (κ3) is 6.86. The molecule has 0 saturated carbocycles. The Morgan fingerprint density at radius 1 is 0.911 bits per heavy atom. The van der Waals surface area contributed by atoms with E-state index in [1.54, 1.807) is 0 Å². The van der Waals surface area contributed by atoms with Crippen molar-refractivity contribution in [1.29, 1.82) is 0 Å². The van der Waals surface area contributed by atoms with Gasteiger partial charge in [0.25, 0.3) is 0 Å². The summed E-state index contributed by atoms with van der Waals surface area (Å²) in [5.41, 5.74) is 6.84. The molecule has 6 rings (SSSR count). The van der Waals surface area contributed by atoms with Crippen molar-refractivity contribution in [3.63, 3.8) is 0 Å². The summed E-state index contributed by atoms with van der Waals surface area (Å²) in [5, 5.41) is 14.5.